The molecule has 144 valence electrons. The monoisotopic (exact) mass is 390 g/mol. The minimum Gasteiger partial charge on any atom is -0.423 e. The van der Waals surface area contributed by atoms with Gasteiger partial charge in [-0.2, -0.15) is 10.1 Å². The number of benzene rings is 1. The smallest absolute Gasteiger partial charge is 0.297 e. The first-order valence-electron chi connectivity index (χ1n) is 8.75. The van der Waals surface area contributed by atoms with Crippen LogP contribution in [0.25, 0.3) is 11.1 Å². The van der Waals surface area contributed by atoms with Crippen LogP contribution in [0, 0.1) is 0 Å². The summed E-state index contributed by atoms with van der Waals surface area (Å²) in [6.45, 7) is 1.94. The second kappa shape index (κ2) is 7.98. The maximum Gasteiger partial charge on any atom is 0.297 e. The number of piperidine rings is 1. The van der Waals surface area contributed by atoms with Crippen molar-refractivity contribution < 1.29 is 9.21 Å². The molecule has 0 bridgehead atoms. The van der Waals surface area contributed by atoms with E-state index >= 15 is 0 Å². The van der Waals surface area contributed by atoms with E-state index in [4.69, 9.17) is 4.42 Å². The van der Waals surface area contributed by atoms with Crippen molar-refractivity contribution in [1.29, 1.82) is 0 Å². The summed E-state index contributed by atoms with van der Waals surface area (Å²) in [6, 6.07) is 7.99. The molecule has 27 heavy (non-hydrogen) atoms. The van der Waals surface area contributed by atoms with E-state index in [9.17, 15) is 4.79 Å². The van der Waals surface area contributed by atoms with Crippen LogP contribution in [-0.4, -0.2) is 47.9 Å². The topological polar surface area (TPSA) is 88.2 Å². The minimum absolute atomic E-state index is 0. The Morgan fingerprint density at radius 1 is 1.37 bits per heavy atom. The van der Waals surface area contributed by atoms with E-state index in [1.165, 1.54) is 0 Å². The summed E-state index contributed by atoms with van der Waals surface area (Å²) >= 11 is 0. The number of oxazole rings is 1. The van der Waals surface area contributed by atoms with Crippen LogP contribution in [0.5, 0.6) is 0 Å². The Morgan fingerprint density at radius 3 is 2.96 bits per heavy atom. The molecule has 1 aliphatic heterocycles. The number of nitrogens with one attached hydrogen (secondary N) is 2. The summed E-state index contributed by atoms with van der Waals surface area (Å²) in [5.74, 6) is -0.233. The largest absolute Gasteiger partial charge is 0.423 e. The van der Waals surface area contributed by atoms with Gasteiger partial charge in [-0.15, -0.1) is 12.4 Å². The number of anilines is 2. The highest BCUT2D eigenvalue weighted by Crippen LogP contribution is 2.24. The SMILES string of the molecule is CN(C)c1nc2cc(NC(=O)c3ccn(C4CCCNC4)n3)ccc2o1.Cl. The first kappa shape index (κ1) is 19.2. The van der Waals surface area contributed by atoms with Crippen molar-refractivity contribution in [3.05, 3.63) is 36.2 Å². The summed E-state index contributed by atoms with van der Waals surface area (Å²) in [6.07, 6.45) is 4.07. The van der Waals surface area contributed by atoms with E-state index in [2.05, 4.69) is 20.7 Å². The van der Waals surface area contributed by atoms with Gasteiger partial charge in [-0.1, -0.05) is 0 Å². The summed E-state index contributed by atoms with van der Waals surface area (Å²) in [4.78, 5) is 18.7. The quantitative estimate of drug-likeness (QED) is 0.712. The number of hydrogen-bond acceptors (Lipinski definition) is 6. The summed E-state index contributed by atoms with van der Waals surface area (Å²) in [7, 11) is 3.73. The predicted octanol–water partition coefficient (Wildman–Crippen LogP) is 2.69. The van der Waals surface area contributed by atoms with Crippen molar-refractivity contribution in [2.45, 2.75) is 18.9 Å². The lowest BCUT2D eigenvalue weighted by Gasteiger charge is -2.22. The lowest BCUT2D eigenvalue weighted by Crippen LogP contribution is -2.32. The molecule has 1 amide bonds. The zero-order valence-electron chi connectivity index (χ0n) is 15.3. The molecule has 0 spiro atoms. The fourth-order valence-electron chi connectivity index (χ4n) is 3.10. The molecular formula is C18H23ClN6O2. The number of aromatic nitrogens is 3. The van der Waals surface area contributed by atoms with Gasteiger partial charge in [0.25, 0.3) is 11.9 Å². The third-order valence-electron chi connectivity index (χ3n) is 4.50. The third-order valence-corrected chi connectivity index (χ3v) is 4.50. The summed E-state index contributed by atoms with van der Waals surface area (Å²) < 4.78 is 7.51. The summed E-state index contributed by atoms with van der Waals surface area (Å²) in [5.41, 5.74) is 2.45. The van der Waals surface area contributed by atoms with E-state index in [0.29, 0.717) is 34.5 Å². The van der Waals surface area contributed by atoms with Crippen molar-refractivity contribution >= 4 is 41.1 Å². The van der Waals surface area contributed by atoms with Crippen LogP contribution in [0.2, 0.25) is 0 Å². The fraction of sp³-hybridized carbons (Fsp3) is 0.389. The molecule has 1 aliphatic rings. The molecule has 0 radical (unpaired) electrons. The molecule has 1 fully saturated rings. The van der Waals surface area contributed by atoms with Gasteiger partial charge in [0, 0.05) is 32.5 Å². The Hall–Kier alpha value is -2.58. The lowest BCUT2D eigenvalue weighted by molar-refractivity contribution is 0.102. The van der Waals surface area contributed by atoms with E-state index in [1.54, 1.807) is 29.2 Å². The molecule has 1 aromatic carbocycles. The van der Waals surface area contributed by atoms with Gasteiger partial charge in [-0.05, 0) is 43.7 Å². The number of amides is 1. The van der Waals surface area contributed by atoms with Gasteiger partial charge in [-0.3, -0.25) is 9.48 Å². The molecule has 3 aromatic rings. The van der Waals surface area contributed by atoms with Gasteiger partial charge in [0.2, 0.25) is 0 Å². The van der Waals surface area contributed by atoms with Crippen LogP contribution in [-0.2, 0) is 0 Å². The average molecular weight is 391 g/mol. The van der Waals surface area contributed by atoms with Crippen LogP contribution in [0.1, 0.15) is 29.4 Å². The molecule has 8 nitrogen and oxygen atoms in total. The van der Waals surface area contributed by atoms with Crippen molar-refractivity contribution in [2.24, 2.45) is 0 Å². The molecule has 2 N–H and O–H groups in total. The van der Waals surface area contributed by atoms with Crippen LogP contribution < -0.4 is 15.5 Å². The number of carbonyl (C=O) groups is 1. The van der Waals surface area contributed by atoms with E-state index in [1.807, 2.05) is 25.0 Å². The molecule has 1 atom stereocenters. The number of halogens is 1. The third kappa shape index (κ3) is 4.06. The highest BCUT2D eigenvalue weighted by molar-refractivity contribution is 6.03. The molecule has 4 rings (SSSR count). The van der Waals surface area contributed by atoms with E-state index in [-0.39, 0.29) is 18.3 Å². The lowest BCUT2D eigenvalue weighted by atomic mass is 10.1. The van der Waals surface area contributed by atoms with Crippen molar-refractivity contribution in [1.82, 2.24) is 20.1 Å². The Balaban J connectivity index is 0.00000210. The first-order chi connectivity index (χ1) is 12.6. The zero-order chi connectivity index (χ0) is 18.1. The number of rotatable bonds is 4. The van der Waals surface area contributed by atoms with Gasteiger partial charge in [-0.25, -0.2) is 0 Å². The first-order valence-corrected chi connectivity index (χ1v) is 8.75. The Kier molecular flexibility index (Phi) is 5.67. The van der Waals surface area contributed by atoms with Gasteiger partial charge in [0.1, 0.15) is 5.52 Å². The number of fused-ring (bicyclic) bond motifs is 1. The molecule has 1 saturated heterocycles. The summed E-state index contributed by atoms with van der Waals surface area (Å²) in [5, 5.41) is 10.7. The van der Waals surface area contributed by atoms with Crippen LogP contribution in [0.3, 0.4) is 0 Å². The highest BCUT2D eigenvalue weighted by atomic mass is 35.5. The predicted molar refractivity (Wildman–Crippen MR) is 107 cm³/mol. The average Bonchev–Trinajstić information content (AvgIpc) is 3.29. The minimum atomic E-state index is -0.233. The van der Waals surface area contributed by atoms with Crippen molar-refractivity contribution in [2.75, 3.05) is 37.4 Å². The Bertz CT molecular complexity index is 929. The maximum absolute atomic E-state index is 12.5. The molecule has 2 aromatic heterocycles. The number of nitrogens with zero attached hydrogens (tertiary/aromatic N) is 4. The maximum atomic E-state index is 12.5. The molecule has 0 aliphatic carbocycles. The second-order valence-corrected chi connectivity index (χ2v) is 6.71. The molecule has 0 saturated carbocycles. The van der Waals surface area contributed by atoms with Crippen LogP contribution >= 0.6 is 12.4 Å². The van der Waals surface area contributed by atoms with Gasteiger partial charge >= 0.3 is 0 Å². The standard InChI is InChI=1S/C18H22N6O2.ClH/c1-23(2)18-21-15-10-12(5-6-16(15)26-18)20-17(25)14-7-9-24(22-14)13-4-3-8-19-11-13;/h5-7,9-10,13,19H,3-4,8,11H2,1-2H3,(H,20,25);1H. The molecule has 1 unspecified atom stereocenters. The highest BCUT2D eigenvalue weighted by Gasteiger charge is 2.18. The molecule has 3 heterocycles. The van der Waals surface area contributed by atoms with Crippen LogP contribution in [0.4, 0.5) is 11.7 Å². The van der Waals surface area contributed by atoms with E-state index < -0.39 is 0 Å². The number of hydrogen-bond donors (Lipinski definition) is 2. The Labute approximate surface area is 163 Å². The Morgan fingerprint density at radius 2 is 2.22 bits per heavy atom. The van der Waals surface area contributed by atoms with Gasteiger partial charge < -0.3 is 20.0 Å². The zero-order valence-corrected chi connectivity index (χ0v) is 16.1. The van der Waals surface area contributed by atoms with Crippen LogP contribution in [0.15, 0.2) is 34.9 Å². The van der Waals surface area contributed by atoms with E-state index in [0.717, 1.165) is 25.9 Å². The number of carbonyl (C=O) groups excluding carboxylic acids is 1. The fourth-order valence-corrected chi connectivity index (χ4v) is 3.10. The van der Waals surface area contributed by atoms with Crippen molar-refractivity contribution in [3.8, 4) is 0 Å². The molecular weight excluding hydrogens is 368 g/mol. The van der Waals surface area contributed by atoms with Gasteiger partial charge in [0.05, 0.1) is 6.04 Å². The van der Waals surface area contributed by atoms with Gasteiger partial charge in [0.15, 0.2) is 11.3 Å². The molecule has 9 heteroatoms. The van der Waals surface area contributed by atoms with Crippen molar-refractivity contribution in [3.63, 3.8) is 0 Å². The second-order valence-electron chi connectivity index (χ2n) is 6.71. The normalized spacial score (nSPS) is 16.7.